The lowest BCUT2D eigenvalue weighted by Crippen LogP contribution is -2.37. The third kappa shape index (κ3) is 39.5. The van der Waals surface area contributed by atoms with Crippen molar-refractivity contribution < 1.29 is 57.4 Å². The van der Waals surface area contributed by atoms with Gasteiger partial charge in [-0.1, -0.05) is 145 Å². The number of unbranched alkanes of at least 4 members (excludes halogenated alkanes) is 13. The van der Waals surface area contributed by atoms with Gasteiger partial charge in [0.05, 0.1) is 46.1 Å². The minimum absolute atomic E-state index is 0.0276. The number of aliphatic hydroxyl groups excluding tert-OH is 3. The number of carbonyl (C=O) groups excluding carboxylic acids is 2. The first-order valence-corrected chi connectivity index (χ1v) is 23.8. The highest BCUT2D eigenvalue weighted by atomic mass is 31.2. The van der Waals surface area contributed by atoms with Gasteiger partial charge in [-0.15, -0.1) is 0 Å². The molecular formula is C46H83NO11P+. The van der Waals surface area contributed by atoms with Crippen molar-refractivity contribution in [2.75, 3.05) is 47.5 Å². The number of ether oxygens (including phenoxy) is 2. The fourth-order valence-corrected chi connectivity index (χ4v) is 6.43. The predicted octanol–water partition coefficient (Wildman–Crippen LogP) is 9.38. The van der Waals surface area contributed by atoms with Gasteiger partial charge in [-0.25, -0.2) is 4.57 Å². The SMILES string of the molecule is CCCCCCCC/C=C\CCCCCCCC(=O)O[C@H](COC(=O)CCC[C@@H](O)[C@H](O)/C=C/C=C/C=C\C=C\[C@H](O)CCCCC)COP(=O)(O)OCC[N+](C)(C)C. The Bertz CT molecular complexity index is 1240. The number of quaternary nitrogens is 1. The third-order valence-electron chi connectivity index (χ3n) is 9.39. The Labute approximate surface area is 357 Å². The molecule has 0 heterocycles. The van der Waals surface area contributed by atoms with Gasteiger partial charge in [0.1, 0.15) is 19.8 Å². The predicted molar refractivity (Wildman–Crippen MR) is 237 cm³/mol. The summed E-state index contributed by atoms with van der Waals surface area (Å²) in [5.74, 6) is -1.14. The van der Waals surface area contributed by atoms with Crippen molar-refractivity contribution in [2.24, 2.45) is 0 Å². The first-order chi connectivity index (χ1) is 28.2. The van der Waals surface area contributed by atoms with Crippen LogP contribution in [0.1, 0.15) is 149 Å². The first kappa shape index (κ1) is 56.6. The number of nitrogens with zero attached hydrogens (tertiary/aromatic N) is 1. The van der Waals surface area contributed by atoms with Crippen LogP contribution in [0.3, 0.4) is 0 Å². The summed E-state index contributed by atoms with van der Waals surface area (Å²) in [5.41, 5.74) is 0. The van der Waals surface area contributed by atoms with Crippen LogP contribution in [-0.4, -0.2) is 109 Å². The van der Waals surface area contributed by atoms with Crippen LogP contribution in [0.25, 0.3) is 0 Å². The second-order valence-electron chi connectivity index (χ2n) is 16.3. The van der Waals surface area contributed by atoms with Gasteiger partial charge in [0, 0.05) is 12.8 Å². The Morgan fingerprint density at radius 3 is 1.80 bits per heavy atom. The fourth-order valence-electron chi connectivity index (χ4n) is 5.69. The van der Waals surface area contributed by atoms with Crippen molar-refractivity contribution in [1.29, 1.82) is 0 Å². The molecule has 12 nitrogen and oxygen atoms in total. The van der Waals surface area contributed by atoms with E-state index in [0.717, 1.165) is 64.2 Å². The Kier molecular flexibility index (Phi) is 35.8. The van der Waals surface area contributed by atoms with E-state index in [1.807, 2.05) is 21.1 Å². The second kappa shape index (κ2) is 37.4. The van der Waals surface area contributed by atoms with Gasteiger partial charge < -0.3 is 34.2 Å². The molecule has 0 aromatic carbocycles. The molecule has 5 atom stereocenters. The normalized spacial score (nSPS) is 15.7. The summed E-state index contributed by atoms with van der Waals surface area (Å²) in [6.45, 7) is 3.89. The molecule has 0 aromatic rings. The van der Waals surface area contributed by atoms with Crippen LogP contribution in [0.4, 0.5) is 0 Å². The van der Waals surface area contributed by atoms with Gasteiger partial charge in [-0.05, 0) is 51.4 Å². The summed E-state index contributed by atoms with van der Waals surface area (Å²) in [5, 5.41) is 30.5. The highest BCUT2D eigenvalue weighted by molar-refractivity contribution is 7.47. The maximum Gasteiger partial charge on any atom is 0.472 e. The van der Waals surface area contributed by atoms with Gasteiger partial charge in [0.2, 0.25) is 0 Å². The van der Waals surface area contributed by atoms with Crippen LogP contribution >= 0.6 is 7.82 Å². The molecule has 0 fully saturated rings. The number of carbonyl (C=O) groups is 2. The van der Waals surface area contributed by atoms with E-state index in [0.29, 0.717) is 17.4 Å². The van der Waals surface area contributed by atoms with Crippen molar-refractivity contribution in [1.82, 2.24) is 0 Å². The van der Waals surface area contributed by atoms with Gasteiger partial charge in [0.15, 0.2) is 6.10 Å². The summed E-state index contributed by atoms with van der Waals surface area (Å²) < 4.78 is 34.0. The quantitative estimate of drug-likeness (QED) is 0.0116. The molecule has 4 N–H and O–H groups in total. The standard InChI is InChI=1S/C46H82NO11P/c1-6-8-10-11-12-13-14-15-16-17-18-19-20-25-29-35-46(52)58-42(40-57-59(53,54)56-38-37-47(3,4)5)39-55-45(51)36-30-34-44(50)43(49)33-28-24-22-21-23-27-32-41(48)31-26-9-7-2/h15-16,21-24,27-28,32-33,41-44,48-50H,6-14,17-20,25-26,29-31,34-40H2,1-5H3/p+1/b16-15-,23-21-,24-22+,32-27+,33-28+/t41-,42-,43-,44-/m1/s1. The number of phosphoric acid groups is 1. The zero-order valence-corrected chi connectivity index (χ0v) is 38.2. The molecule has 342 valence electrons. The third-order valence-corrected chi connectivity index (χ3v) is 10.4. The number of likely N-dealkylation sites (N-methyl/N-ethyl adjacent to an activating group) is 1. The van der Waals surface area contributed by atoms with Crippen molar-refractivity contribution in [3.63, 3.8) is 0 Å². The molecule has 0 spiro atoms. The molecule has 0 amide bonds. The summed E-state index contributed by atoms with van der Waals surface area (Å²) >= 11 is 0. The van der Waals surface area contributed by atoms with Crippen LogP contribution in [0.15, 0.2) is 60.8 Å². The van der Waals surface area contributed by atoms with E-state index in [1.54, 1.807) is 42.5 Å². The topological polar surface area (TPSA) is 169 Å². The molecule has 1 unspecified atom stereocenters. The molecule has 0 rings (SSSR count). The summed E-state index contributed by atoms with van der Waals surface area (Å²) in [7, 11) is 1.27. The van der Waals surface area contributed by atoms with Crippen LogP contribution in [0, 0.1) is 0 Å². The lowest BCUT2D eigenvalue weighted by atomic mass is 10.1. The largest absolute Gasteiger partial charge is 0.472 e. The van der Waals surface area contributed by atoms with E-state index in [-0.39, 0.29) is 38.9 Å². The van der Waals surface area contributed by atoms with Gasteiger partial charge in [-0.3, -0.25) is 18.6 Å². The molecule has 0 radical (unpaired) electrons. The second-order valence-corrected chi connectivity index (χ2v) is 17.7. The molecule has 0 bridgehead atoms. The molecular weight excluding hydrogens is 773 g/mol. The van der Waals surface area contributed by atoms with E-state index >= 15 is 0 Å². The van der Waals surface area contributed by atoms with Crippen molar-refractivity contribution in [2.45, 2.75) is 173 Å². The lowest BCUT2D eigenvalue weighted by Gasteiger charge is -2.24. The number of esters is 2. The number of hydrogen-bond acceptors (Lipinski definition) is 10. The molecule has 0 aliphatic rings. The van der Waals surface area contributed by atoms with Crippen LogP contribution < -0.4 is 0 Å². The summed E-state index contributed by atoms with van der Waals surface area (Å²) in [6, 6.07) is 0. The Morgan fingerprint density at radius 2 is 1.17 bits per heavy atom. The first-order valence-electron chi connectivity index (χ1n) is 22.3. The molecule has 0 saturated heterocycles. The Hall–Kier alpha value is -2.41. The molecule has 13 heteroatoms. The highest BCUT2D eigenvalue weighted by Crippen LogP contribution is 2.43. The smallest absolute Gasteiger partial charge is 0.462 e. The average Bonchev–Trinajstić information content (AvgIpc) is 3.17. The van der Waals surface area contributed by atoms with E-state index in [1.165, 1.54) is 44.6 Å². The van der Waals surface area contributed by atoms with Crippen LogP contribution in [0.2, 0.25) is 0 Å². The zero-order valence-electron chi connectivity index (χ0n) is 37.3. The zero-order chi connectivity index (χ0) is 44.0. The summed E-state index contributed by atoms with van der Waals surface area (Å²) in [4.78, 5) is 35.4. The lowest BCUT2D eigenvalue weighted by molar-refractivity contribution is -0.870. The van der Waals surface area contributed by atoms with E-state index in [2.05, 4.69) is 26.0 Å². The van der Waals surface area contributed by atoms with Crippen molar-refractivity contribution >= 4 is 19.8 Å². The van der Waals surface area contributed by atoms with Gasteiger partial charge in [-0.2, -0.15) is 0 Å². The molecule has 0 saturated carbocycles. The fraction of sp³-hybridized carbons (Fsp3) is 0.739. The maximum atomic E-state index is 12.7. The molecule has 59 heavy (non-hydrogen) atoms. The van der Waals surface area contributed by atoms with Crippen LogP contribution in [0.5, 0.6) is 0 Å². The molecule has 0 aliphatic carbocycles. The number of allylic oxidation sites excluding steroid dienone is 8. The number of phosphoric ester groups is 1. The summed E-state index contributed by atoms with van der Waals surface area (Å²) in [6.07, 6.45) is 33.5. The van der Waals surface area contributed by atoms with E-state index in [9.17, 15) is 34.4 Å². The minimum atomic E-state index is -4.46. The van der Waals surface area contributed by atoms with E-state index < -0.39 is 50.8 Å². The maximum absolute atomic E-state index is 12.7. The van der Waals surface area contributed by atoms with Gasteiger partial charge in [0.25, 0.3) is 0 Å². The highest BCUT2D eigenvalue weighted by Gasteiger charge is 2.27. The Morgan fingerprint density at radius 1 is 0.627 bits per heavy atom. The molecule has 0 aromatic heterocycles. The van der Waals surface area contributed by atoms with Crippen LogP contribution in [-0.2, 0) is 32.7 Å². The molecule has 0 aliphatic heterocycles. The number of rotatable bonds is 39. The number of aliphatic hydroxyl groups is 3. The van der Waals surface area contributed by atoms with Crippen molar-refractivity contribution in [3.8, 4) is 0 Å². The minimum Gasteiger partial charge on any atom is -0.462 e. The van der Waals surface area contributed by atoms with Gasteiger partial charge >= 0.3 is 19.8 Å². The Balaban J connectivity index is 4.70. The average molecular weight is 857 g/mol. The number of hydrogen-bond donors (Lipinski definition) is 4. The van der Waals surface area contributed by atoms with Crippen molar-refractivity contribution in [3.05, 3.63) is 60.8 Å². The van der Waals surface area contributed by atoms with E-state index in [4.69, 9.17) is 18.5 Å². The monoisotopic (exact) mass is 857 g/mol.